The molecule has 1 aliphatic rings. The summed E-state index contributed by atoms with van der Waals surface area (Å²) in [6, 6.07) is 7.87. The predicted molar refractivity (Wildman–Crippen MR) is 91.5 cm³/mol. The van der Waals surface area contributed by atoms with Gasteiger partial charge in [-0.15, -0.1) is 0 Å². The van der Waals surface area contributed by atoms with Crippen LogP contribution in [0.2, 0.25) is 0 Å². The normalized spacial score (nSPS) is 20.4. The molecule has 1 aliphatic heterocycles. The van der Waals surface area contributed by atoms with Gasteiger partial charge in [0.2, 0.25) is 0 Å². The van der Waals surface area contributed by atoms with Gasteiger partial charge in [0, 0.05) is 28.8 Å². The van der Waals surface area contributed by atoms with Gasteiger partial charge in [0.05, 0.1) is 0 Å². The fourth-order valence-corrected chi connectivity index (χ4v) is 3.56. The van der Waals surface area contributed by atoms with Gasteiger partial charge in [0.1, 0.15) is 0 Å². The fourth-order valence-electron chi connectivity index (χ4n) is 3.18. The van der Waals surface area contributed by atoms with Gasteiger partial charge in [-0.1, -0.05) is 29.8 Å². The smallest absolute Gasteiger partial charge is 0.0417 e. The minimum absolute atomic E-state index is 0.403. The highest BCUT2D eigenvalue weighted by molar-refractivity contribution is 9.10. The van der Waals surface area contributed by atoms with Crippen molar-refractivity contribution in [2.45, 2.75) is 58.5 Å². The number of rotatable bonds is 6. The fraction of sp³-hybridized carbons (Fsp3) is 0.647. The molecule has 1 heterocycles. The summed E-state index contributed by atoms with van der Waals surface area (Å²) in [7, 11) is 0. The minimum Gasteiger partial charge on any atom is -0.368 e. The molecule has 2 unspecified atom stereocenters. The standard InChI is InChI=1S/C17H27BrN2/c1-4-10-19-13(3)16-12-14(18)8-9-17(16)20-11-6-7-15(20)5-2/h8-9,12-13,15,19H,4-7,10-11H2,1-3H3. The zero-order valence-electron chi connectivity index (χ0n) is 13.0. The first-order valence-electron chi connectivity index (χ1n) is 7.96. The number of nitrogens with zero attached hydrogens (tertiary/aromatic N) is 1. The molecule has 1 aromatic carbocycles. The van der Waals surface area contributed by atoms with Crippen LogP contribution in [0.15, 0.2) is 22.7 Å². The van der Waals surface area contributed by atoms with E-state index in [1.54, 1.807) is 0 Å². The molecule has 2 nitrogen and oxygen atoms in total. The number of hydrogen-bond donors (Lipinski definition) is 1. The quantitative estimate of drug-likeness (QED) is 0.794. The molecule has 0 bridgehead atoms. The molecule has 0 amide bonds. The van der Waals surface area contributed by atoms with Crippen LogP contribution in [0.3, 0.4) is 0 Å². The van der Waals surface area contributed by atoms with Crippen molar-refractivity contribution in [2.75, 3.05) is 18.0 Å². The minimum atomic E-state index is 0.403. The average molecular weight is 339 g/mol. The van der Waals surface area contributed by atoms with Gasteiger partial charge >= 0.3 is 0 Å². The van der Waals surface area contributed by atoms with Gasteiger partial charge in [-0.05, 0) is 62.9 Å². The van der Waals surface area contributed by atoms with Crippen molar-refractivity contribution in [1.82, 2.24) is 5.32 Å². The molecule has 1 aromatic rings. The van der Waals surface area contributed by atoms with E-state index in [1.165, 1.54) is 48.0 Å². The van der Waals surface area contributed by atoms with E-state index in [0.29, 0.717) is 12.1 Å². The molecule has 0 radical (unpaired) electrons. The topological polar surface area (TPSA) is 15.3 Å². The number of halogens is 1. The van der Waals surface area contributed by atoms with Crippen LogP contribution >= 0.6 is 15.9 Å². The Morgan fingerprint density at radius 3 is 2.90 bits per heavy atom. The van der Waals surface area contributed by atoms with E-state index in [9.17, 15) is 0 Å². The third-order valence-corrected chi connectivity index (χ3v) is 4.81. The summed E-state index contributed by atoms with van der Waals surface area (Å²) in [5.74, 6) is 0. The maximum atomic E-state index is 3.63. The lowest BCUT2D eigenvalue weighted by molar-refractivity contribution is 0.566. The van der Waals surface area contributed by atoms with Crippen LogP contribution in [-0.2, 0) is 0 Å². The van der Waals surface area contributed by atoms with E-state index < -0.39 is 0 Å². The molecule has 112 valence electrons. The van der Waals surface area contributed by atoms with Crippen LogP contribution in [0.1, 0.15) is 58.1 Å². The van der Waals surface area contributed by atoms with Crippen molar-refractivity contribution in [3.8, 4) is 0 Å². The van der Waals surface area contributed by atoms with Crippen LogP contribution in [0.5, 0.6) is 0 Å². The molecule has 0 aromatic heterocycles. The summed E-state index contributed by atoms with van der Waals surface area (Å²) in [5, 5.41) is 3.63. The van der Waals surface area contributed by atoms with Gasteiger partial charge in [-0.2, -0.15) is 0 Å². The van der Waals surface area contributed by atoms with Crippen molar-refractivity contribution in [3.05, 3.63) is 28.2 Å². The lowest BCUT2D eigenvalue weighted by Crippen LogP contribution is -2.31. The molecule has 2 atom stereocenters. The van der Waals surface area contributed by atoms with E-state index in [2.05, 4.69) is 65.1 Å². The highest BCUT2D eigenvalue weighted by Crippen LogP contribution is 2.34. The van der Waals surface area contributed by atoms with E-state index >= 15 is 0 Å². The summed E-state index contributed by atoms with van der Waals surface area (Å²) >= 11 is 3.63. The number of hydrogen-bond acceptors (Lipinski definition) is 2. The summed E-state index contributed by atoms with van der Waals surface area (Å²) in [5.41, 5.74) is 2.85. The molecule has 0 saturated carbocycles. The summed E-state index contributed by atoms with van der Waals surface area (Å²) < 4.78 is 1.17. The van der Waals surface area contributed by atoms with Gasteiger partial charge in [-0.3, -0.25) is 0 Å². The Morgan fingerprint density at radius 2 is 2.20 bits per heavy atom. The predicted octanol–water partition coefficient (Wildman–Crippen LogP) is 4.89. The average Bonchev–Trinajstić information content (AvgIpc) is 2.92. The van der Waals surface area contributed by atoms with E-state index in [0.717, 1.165) is 6.54 Å². The Kier molecular flexibility index (Phi) is 5.91. The Hall–Kier alpha value is -0.540. The molecule has 0 aliphatic carbocycles. The van der Waals surface area contributed by atoms with E-state index in [1.807, 2.05) is 0 Å². The summed E-state index contributed by atoms with van der Waals surface area (Å²) in [6.07, 6.45) is 5.08. The van der Waals surface area contributed by atoms with Crippen LogP contribution in [-0.4, -0.2) is 19.1 Å². The third kappa shape index (κ3) is 3.56. The van der Waals surface area contributed by atoms with Crippen LogP contribution < -0.4 is 10.2 Å². The number of anilines is 1. The van der Waals surface area contributed by atoms with Gasteiger partial charge in [0.15, 0.2) is 0 Å². The van der Waals surface area contributed by atoms with Crippen molar-refractivity contribution >= 4 is 21.6 Å². The molecule has 1 fully saturated rings. The van der Waals surface area contributed by atoms with Crippen molar-refractivity contribution in [1.29, 1.82) is 0 Å². The Morgan fingerprint density at radius 1 is 1.40 bits per heavy atom. The van der Waals surface area contributed by atoms with Gasteiger partial charge in [-0.25, -0.2) is 0 Å². The zero-order chi connectivity index (χ0) is 14.5. The molecule has 1 N–H and O–H groups in total. The largest absolute Gasteiger partial charge is 0.368 e. The van der Waals surface area contributed by atoms with Gasteiger partial charge in [0.25, 0.3) is 0 Å². The van der Waals surface area contributed by atoms with Crippen molar-refractivity contribution < 1.29 is 0 Å². The molecule has 3 heteroatoms. The molecule has 1 saturated heterocycles. The van der Waals surface area contributed by atoms with Crippen molar-refractivity contribution in [3.63, 3.8) is 0 Å². The van der Waals surface area contributed by atoms with Crippen LogP contribution in [0.4, 0.5) is 5.69 Å². The molecule has 2 rings (SSSR count). The third-order valence-electron chi connectivity index (χ3n) is 4.31. The lowest BCUT2D eigenvalue weighted by atomic mass is 10.0. The van der Waals surface area contributed by atoms with Crippen LogP contribution in [0.25, 0.3) is 0 Å². The number of benzene rings is 1. The van der Waals surface area contributed by atoms with E-state index in [4.69, 9.17) is 0 Å². The first-order valence-corrected chi connectivity index (χ1v) is 8.76. The molecule has 20 heavy (non-hydrogen) atoms. The number of nitrogens with one attached hydrogen (secondary N) is 1. The highest BCUT2D eigenvalue weighted by atomic mass is 79.9. The maximum Gasteiger partial charge on any atom is 0.0417 e. The summed E-state index contributed by atoms with van der Waals surface area (Å²) in [6.45, 7) is 9.07. The summed E-state index contributed by atoms with van der Waals surface area (Å²) in [4.78, 5) is 2.62. The van der Waals surface area contributed by atoms with E-state index in [-0.39, 0.29) is 0 Å². The Labute approximate surface area is 132 Å². The molecular formula is C17H27BrN2. The molecule has 0 spiro atoms. The maximum absolute atomic E-state index is 3.63. The monoisotopic (exact) mass is 338 g/mol. The SMILES string of the molecule is CCCNC(C)c1cc(Br)ccc1N1CCCC1CC. The second kappa shape index (κ2) is 7.46. The van der Waals surface area contributed by atoms with Crippen LogP contribution in [0, 0.1) is 0 Å². The second-order valence-electron chi connectivity index (χ2n) is 5.78. The zero-order valence-corrected chi connectivity index (χ0v) is 14.5. The first-order chi connectivity index (χ1) is 9.67. The Balaban J connectivity index is 2.27. The van der Waals surface area contributed by atoms with Crippen molar-refractivity contribution in [2.24, 2.45) is 0 Å². The Bertz CT molecular complexity index is 433. The highest BCUT2D eigenvalue weighted by Gasteiger charge is 2.26. The first kappa shape index (κ1) is 15.8. The van der Waals surface area contributed by atoms with Gasteiger partial charge < -0.3 is 10.2 Å². The lowest BCUT2D eigenvalue weighted by Gasteiger charge is -2.30. The second-order valence-corrected chi connectivity index (χ2v) is 6.69. The molecular weight excluding hydrogens is 312 g/mol.